The molecule has 23 heavy (non-hydrogen) atoms. The lowest BCUT2D eigenvalue weighted by atomic mass is 10.1. The number of hydrogen-bond donors (Lipinski definition) is 0. The Morgan fingerprint density at radius 1 is 1.04 bits per heavy atom. The molecule has 0 fully saturated rings. The van der Waals surface area contributed by atoms with Crippen LogP contribution in [0.4, 0.5) is 4.79 Å². The van der Waals surface area contributed by atoms with Gasteiger partial charge in [0.15, 0.2) is 0 Å². The van der Waals surface area contributed by atoms with Crippen LogP contribution < -0.4 is 9.47 Å². The van der Waals surface area contributed by atoms with Crippen molar-refractivity contribution in [2.45, 2.75) is 27.4 Å². The quantitative estimate of drug-likeness (QED) is 0.583. The molecule has 0 aliphatic carbocycles. The van der Waals surface area contributed by atoms with Gasteiger partial charge in [-0.15, -0.1) is 0 Å². The number of carbonyl (C=O) groups is 1. The average Bonchev–Trinajstić information content (AvgIpc) is 2.51. The van der Waals surface area contributed by atoms with Gasteiger partial charge in [-0.1, -0.05) is 29.8 Å². The van der Waals surface area contributed by atoms with Gasteiger partial charge in [0.05, 0.1) is 7.11 Å². The molecule has 0 saturated heterocycles. The zero-order valence-electron chi connectivity index (χ0n) is 13.6. The van der Waals surface area contributed by atoms with Crippen LogP contribution in [0.3, 0.4) is 0 Å². The lowest BCUT2D eigenvalue weighted by molar-refractivity contribution is 0.120. The minimum Gasteiger partial charge on any atom is -0.488 e. The highest BCUT2D eigenvalue weighted by Gasteiger charge is 2.13. The Hall–Kier alpha value is -2.20. The number of rotatable bonds is 4. The standard InChI is InChI=1S/C18H19ClO4/c1-11-6-5-7-16(23-18(20)21-4)14(11)10-22-17-9-15(19)12(2)8-13(17)3/h5-9H,10H2,1-4H3. The molecular formula is C18H19ClO4. The van der Waals surface area contributed by atoms with Gasteiger partial charge in [0.25, 0.3) is 0 Å². The Kier molecular flexibility index (Phi) is 5.50. The first-order valence-corrected chi connectivity index (χ1v) is 7.54. The van der Waals surface area contributed by atoms with Gasteiger partial charge in [0.2, 0.25) is 0 Å². The molecule has 122 valence electrons. The van der Waals surface area contributed by atoms with Crippen LogP contribution in [0.25, 0.3) is 0 Å². The first-order chi connectivity index (χ1) is 10.9. The second-order valence-electron chi connectivity index (χ2n) is 5.26. The SMILES string of the molecule is COC(=O)Oc1cccc(C)c1COc1cc(Cl)c(C)cc1C. The highest BCUT2D eigenvalue weighted by Crippen LogP contribution is 2.29. The van der Waals surface area contributed by atoms with Gasteiger partial charge in [0, 0.05) is 10.6 Å². The molecular weight excluding hydrogens is 316 g/mol. The topological polar surface area (TPSA) is 44.8 Å². The van der Waals surface area contributed by atoms with Crippen molar-refractivity contribution in [3.05, 3.63) is 57.6 Å². The van der Waals surface area contributed by atoms with Crippen molar-refractivity contribution in [1.82, 2.24) is 0 Å². The Morgan fingerprint density at radius 3 is 2.48 bits per heavy atom. The van der Waals surface area contributed by atoms with E-state index in [2.05, 4.69) is 4.74 Å². The molecule has 0 unspecified atom stereocenters. The van der Waals surface area contributed by atoms with Crippen LogP contribution >= 0.6 is 11.6 Å². The lowest BCUT2D eigenvalue weighted by Gasteiger charge is -2.15. The van der Waals surface area contributed by atoms with E-state index in [0.29, 0.717) is 16.5 Å². The van der Waals surface area contributed by atoms with Crippen molar-refractivity contribution in [2.24, 2.45) is 0 Å². The van der Waals surface area contributed by atoms with Crippen molar-refractivity contribution >= 4 is 17.8 Å². The Labute approximate surface area is 140 Å². The molecule has 0 heterocycles. The Bertz CT molecular complexity index is 725. The van der Waals surface area contributed by atoms with E-state index in [9.17, 15) is 4.79 Å². The average molecular weight is 335 g/mol. The third-order valence-corrected chi connectivity index (χ3v) is 3.96. The summed E-state index contributed by atoms with van der Waals surface area (Å²) in [5, 5.41) is 0.654. The maximum atomic E-state index is 11.4. The van der Waals surface area contributed by atoms with E-state index in [4.69, 9.17) is 21.1 Å². The molecule has 0 radical (unpaired) electrons. The van der Waals surface area contributed by atoms with Gasteiger partial charge in [-0.05, 0) is 49.6 Å². The molecule has 0 atom stereocenters. The van der Waals surface area contributed by atoms with Gasteiger partial charge < -0.3 is 14.2 Å². The summed E-state index contributed by atoms with van der Waals surface area (Å²) >= 11 is 6.15. The van der Waals surface area contributed by atoms with E-state index in [1.54, 1.807) is 12.1 Å². The molecule has 4 nitrogen and oxygen atoms in total. The number of methoxy groups -OCH3 is 1. The van der Waals surface area contributed by atoms with Gasteiger partial charge in [-0.25, -0.2) is 4.79 Å². The smallest absolute Gasteiger partial charge is 0.488 e. The van der Waals surface area contributed by atoms with Crippen LogP contribution in [0.1, 0.15) is 22.3 Å². The molecule has 0 N–H and O–H groups in total. The number of halogens is 1. The maximum Gasteiger partial charge on any atom is 0.513 e. The van der Waals surface area contributed by atoms with Crippen LogP contribution in [-0.2, 0) is 11.3 Å². The predicted octanol–water partition coefficient (Wildman–Crippen LogP) is 4.99. The highest BCUT2D eigenvalue weighted by molar-refractivity contribution is 6.31. The van der Waals surface area contributed by atoms with Gasteiger partial charge in [-0.3, -0.25) is 0 Å². The van der Waals surface area contributed by atoms with E-state index >= 15 is 0 Å². The molecule has 0 spiro atoms. The minimum atomic E-state index is -0.758. The number of hydrogen-bond acceptors (Lipinski definition) is 4. The summed E-state index contributed by atoms with van der Waals surface area (Å²) < 4.78 is 15.6. The van der Waals surface area contributed by atoms with Crippen molar-refractivity contribution < 1.29 is 19.0 Å². The largest absolute Gasteiger partial charge is 0.513 e. The van der Waals surface area contributed by atoms with E-state index in [1.165, 1.54) is 7.11 Å². The second-order valence-corrected chi connectivity index (χ2v) is 5.67. The lowest BCUT2D eigenvalue weighted by Crippen LogP contribution is -2.10. The molecule has 0 aliphatic rings. The van der Waals surface area contributed by atoms with Crippen molar-refractivity contribution in [2.75, 3.05) is 7.11 Å². The van der Waals surface area contributed by atoms with Crippen molar-refractivity contribution in [3.63, 3.8) is 0 Å². The van der Waals surface area contributed by atoms with Gasteiger partial charge >= 0.3 is 6.16 Å². The summed E-state index contributed by atoms with van der Waals surface area (Å²) in [4.78, 5) is 11.4. The van der Waals surface area contributed by atoms with Crippen LogP contribution in [-0.4, -0.2) is 13.3 Å². The summed E-state index contributed by atoms with van der Waals surface area (Å²) in [6, 6.07) is 9.22. The first-order valence-electron chi connectivity index (χ1n) is 7.16. The van der Waals surface area contributed by atoms with Crippen LogP contribution in [0.2, 0.25) is 5.02 Å². The van der Waals surface area contributed by atoms with E-state index < -0.39 is 6.16 Å². The zero-order chi connectivity index (χ0) is 17.0. The predicted molar refractivity (Wildman–Crippen MR) is 89.5 cm³/mol. The summed E-state index contributed by atoms with van der Waals surface area (Å²) in [5.74, 6) is 1.13. The molecule has 0 saturated carbocycles. The number of aryl methyl sites for hydroxylation is 3. The number of benzene rings is 2. The second kappa shape index (κ2) is 7.38. The summed E-state index contributed by atoms with van der Waals surface area (Å²) in [6.45, 7) is 6.10. The molecule has 0 aliphatic heterocycles. The monoisotopic (exact) mass is 334 g/mol. The summed E-state index contributed by atoms with van der Waals surface area (Å²) in [6.07, 6.45) is -0.758. The fraction of sp³-hybridized carbons (Fsp3) is 0.278. The fourth-order valence-corrected chi connectivity index (χ4v) is 2.35. The normalized spacial score (nSPS) is 10.3. The van der Waals surface area contributed by atoms with Crippen LogP contribution in [0, 0.1) is 20.8 Å². The van der Waals surface area contributed by atoms with Gasteiger partial charge in [0.1, 0.15) is 18.1 Å². The minimum absolute atomic E-state index is 0.263. The third kappa shape index (κ3) is 4.17. The molecule has 2 aromatic rings. The number of carbonyl (C=O) groups excluding carboxylic acids is 1. The van der Waals surface area contributed by atoms with E-state index in [-0.39, 0.29) is 6.61 Å². The zero-order valence-corrected chi connectivity index (χ0v) is 14.4. The fourth-order valence-electron chi connectivity index (χ4n) is 2.20. The summed E-state index contributed by atoms with van der Waals surface area (Å²) in [5.41, 5.74) is 3.74. The Morgan fingerprint density at radius 2 is 1.78 bits per heavy atom. The van der Waals surface area contributed by atoms with E-state index in [1.807, 2.05) is 39.0 Å². The first kappa shape index (κ1) is 17.2. The summed E-state index contributed by atoms with van der Waals surface area (Å²) in [7, 11) is 1.27. The van der Waals surface area contributed by atoms with Crippen molar-refractivity contribution in [1.29, 1.82) is 0 Å². The molecule has 5 heteroatoms. The molecule has 0 bridgehead atoms. The van der Waals surface area contributed by atoms with E-state index in [0.717, 1.165) is 22.3 Å². The molecule has 2 rings (SSSR count). The molecule has 0 aromatic heterocycles. The molecule has 2 aromatic carbocycles. The number of ether oxygens (including phenoxy) is 3. The maximum absolute atomic E-state index is 11.4. The van der Waals surface area contributed by atoms with Crippen LogP contribution in [0.5, 0.6) is 11.5 Å². The van der Waals surface area contributed by atoms with Crippen molar-refractivity contribution in [3.8, 4) is 11.5 Å². The van der Waals surface area contributed by atoms with Gasteiger partial charge in [-0.2, -0.15) is 0 Å². The Balaban J connectivity index is 2.23. The molecule has 0 amide bonds. The van der Waals surface area contributed by atoms with Crippen LogP contribution in [0.15, 0.2) is 30.3 Å². The highest BCUT2D eigenvalue weighted by atomic mass is 35.5. The third-order valence-electron chi connectivity index (χ3n) is 3.56.